The summed E-state index contributed by atoms with van der Waals surface area (Å²) in [4.78, 5) is 15.4. The summed E-state index contributed by atoms with van der Waals surface area (Å²) in [6.07, 6.45) is 1.52. The first-order valence-electron chi connectivity index (χ1n) is 4.56. The molecule has 0 aromatic carbocycles. The average Bonchev–Trinajstić information content (AvgIpc) is 2.65. The fourth-order valence-electron chi connectivity index (χ4n) is 1.03. The minimum atomic E-state index is -0.345. The molecular formula is C8H15N5O. The fraction of sp³-hybridized carbons (Fsp3) is 0.625. The molecule has 6 heteroatoms. The van der Waals surface area contributed by atoms with E-state index in [1.807, 2.05) is 6.92 Å². The van der Waals surface area contributed by atoms with Crippen LogP contribution in [0.2, 0.25) is 0 Å². The maximum Gasteiger partial charge on any atom is 0.244 e. The maximum absolute atomic E-state index is 11.4. The summed E-state index contributed by atoms with van der Waals surface area (Å²) < 4.78 is 1.51. The molecule has 0 spiro atoms. The Balaban J connectivity index is 2.68. The van der Waals surface area contributed by atoms with E-state index in [1.54, 1.807) is 6.92 Å². The molecule has 0 saturated carbocycles. The highest BCUT2D eigenvalue weighted by atomic mass is 16.2. The molecule has 0 saturated heterocycles. The van der Waals surface area contributed by atoms with E-state index in [0.717, 1.165) is 0 Å². The lowest BCUT2D eigenvalue weighted by atomic mass is 10.3. The van der Waals surface area contributed by atoms with Crippen molar-refractivity contribution in [2.75, 3.05) is 6.54 Å². The van der Waals surface area contributed by atoms with E-state index in [-0.39, 0.29) is 18.5 Å². The molecule has 1 rings (SSSR count). The zero-order valence-electron chi connectivity index (χ0n) is 8.40. The van der Waals surface area contributed by atoms with Crippen molar-refractivity contribution in [2.24, 2.45) is 5.73 Å². The van der Waals surface area contributed by atoms with Gasteiger partial charge in [-0.1, -0.05) is 0 Å². The summed E-state index contributed by atoms with van der Waals surface area (Å²) >= 11 is 0. The summed E-state index contributed by atoms with van der Waals surface area (Å²) in [5.74, 6) is 0.474. The number of nitrogens with two attached hydrogens (primary N) is 1. The van der Waals surface area contributed by atoms with E-state index >= 15 is 0 Å². The number of likely N-dealkylation sites (N-methyl/N-ethyl adjacent to an activating group) is 1. The number of carbonyl (C=O) groups excluding carboxylic acids is 1. The molecule has 1 atom stereocenters. The van der Waals surface area contributed by atoms with Gasteiger partial charge < -0.3 is 11.1 Å². The van der Waals surface area contributed by atoms with Crippen molar-refractivity contribution in [3.05, 3.63) is 12.2 Å². The van der Waals surface area contributed by atoms with Gasteiger partial charge in [-0.05, 0) is 13.8 Å². The van der Waals surface area contributed by atoms with Crippen LogP contribution in [0, 0.1) is 0 Å². The highest BCUT2D eigenvalue weighted by Crippen LogP contribution is 2.02. The van der Waals surface area contributed by atoms with E-state index in [2.05, 4.69) is 15.4 Å². The number of rotatable bonds is 4. The smallest absolute Gasteiger partial charge is 0.244 e. The Morgan fingerprint density at radius 2 is 2.50 bits per heavy atom. The molecule has 1 aromatic heterocycles. The van der Waals surface area contributed by atoms with Crippen molar-refractivity contribution in [2.45, 2.75) is 26.4 Å². The van der Waals surface area contributed by atoms with Gasteiger partial charge in [0.2, 0.25) is 5.91 Å². The first kappa shape index (κ1) is 10.6. The Labute approximate surface area is 82.5 Å². The minimum absolute atomic E-state index is 0.0685. The fourth-order valence-corrected chi connectivity index (χ4v) is 1.03. The predicted octanol–water partition coefficient (Wildman–Crippen LogP) is -0.566. The van der Waals surface area contributed by atoms with Crippen molar-refractivity contribution in [1.29, 1.82) is 0 Å². The second-order valence-corrected chi connectivity index (χ2v) is 2.92. The van der Waals surface area contributed by atoms with Gasteiger partial charge in [-0.15, -0.1) is 0 Å². The standard InChI is InChI=1S/C8H15N5O/c1-3-10-8(14)6(2)13-5-11-7(4-9)12-13/h5-6H,3-4,9H2,1-2H3,(H,10,14). The zero-order chi connectivity index (χ0) is 10.6. The normalized spacial score (nSPS) is 12.5. The van der Waals surface area contributed by atoms with Crippen molar-refractivity contribution in [3.63, 3.8) is 0 Å². The molecule has 1 amide bonds. The van der Waals surface area contributed by atoms with Gasteiger partial charge in [-0.25, -0.2) is 9.67 Å². The van der Waals surface area contributed by atoms with Crippen molar-refractivity contribution < 1.29 is 4.79 Å². The predicted molar refractivity (Wildman–Crippen MR) is 51.3 cm³/mol. The van der Waals surface area contributed by atoms with Gasteiger partial charge in [0, 0.05) is 6.54 Å². The van der Waals surface area contributed by atoms with Crippen molar-refractivity contribution in [3.8, 4) is 0 Å². The molecule has 1 unspecified atom stereocenters. The van der Waals surface area contributed by atoms with Gasteiger partial charge in [-0.2, -0.15) is 5.10 Å². The topological polar surface area (TPSA) is 85.8 Å². The van der Waals surface area contributed by atoms with E-state index < -0.39 is 0 Å². The van der Waals surface area contributed by atoms with Crippen LogP contribution in [0.4, 0.5) is 0 Å². The number of carbonyl (C=O) groups is 1. The largest absolute Gasteiger partial charge is 0.355 e. The molecular weight excluding hydrogens is 182 g/mol. The van der Waals surface area contributed by atoms with Crippen LogP contribution in [0.3, 0.4) is 0 Å². The highest BCUT2D eigenvalue weighted by molar-refractivity contribution is 5.79. The van der Waals surface area contributed by atoms with Gasteiger partial charge >= 0.3 is 0 Å². The first-order chi connectivity index (χ1) is 6.69. The Hall–Kier alpha value is -1.43. The number of hydrogen-bond acceptors (Lipinski definition) is 4. The summed E-state index contributed by atoms with van der Waals surface area (Å²) in [5.41, 5.74) is 5.36. The molecule has 78 valence electrons. The van der Waals surface area contributed by atoms with E-state index in [9.17, 15) is 4.79 Å². The third-order valence-electron chi connectivity index (χ3n) is 1.87. The summed E-state index contributed by atoms with van der Waals surface area (Å²) in [6.45, 7) is 4.54. The Bertz CT molecular complexity index is 308. The molecule has 14 heavy (non-hydrogen) atoms. The van der Waals surface area contributed by atoms with Crippen molar-refractivity contribution >= 4 is 5.91 Å². The average molecular weight is 197 g/mol. The van der Waals surface area contributed by atoms with Gasteiger partial charge in [0.05, 0.1) is 6.54 Å². The van der Waals surface area contributed by atoms with Gasteiger partial charge in [0.15, 0.2) is 5.82 Å². The van der Waals surface area contributed by atoms with Gasteiger partial charge in [0.1, 0.15) is 12.4 Å². The molecule has 0 radical (unpaired) electrons. The Morgan fingerprint density at radius 3 is 3.00 bits per heavy atom. The third-order valence-corrected chi connectivity index (χ3v) is 1.87. The van der Waals surface area contributed by atoms with E-state index in [4.69, 9.17) is 5.73 Å². The molecule has 6 nitrogen and oxygen atoms in total. The van der Waals surface area contributed by atoms with Gasteiger partial charge in [0.25, 0.3) is 0 Å². The second-order valence-electron chi connectivity index (χ2n) is 2.92. The minimum Gasteiger partial charge on any atom is -0.355 e. The quantitative estimate of drug-likeness (QED) is 0.677. The Kier molecular flexibility index (Phi) is 3.58. The number of amides is 1. The van der Waals surface area contributed by atoms with Crippen LogP contribution in [0.25, 0.3) is 0 Å². The summed E-state index contributed by atoms with van der Waals surface area (Å²) in [5, 5.41) is 6.76. The molecule has 1 aromatic rings. The lowest BCUT2D eigenvalue weighted by molar-refractivity contribution is -0.124. The highest BCUT2D eigenvalue weighted by Gasteiger charge is 2.14. The third kappa shape index (κ3) is 2.29. The molecule has 3 N–H and O–H groups in total. The molecule has 0 aliphatic heterocycles. The SMILES string of the molecule is CCNC(=O)C(C)n1cnc(CN)n1. The first-order valence-corrected chi connectivity index (χ1v) is 4.56. The lowest BCUT2D eigenvalue weighted by Crippen LogP contribution is -2.31. The Morgan fingerprint density at radius 1 is 1.79 bits per heavy atom. The molecule has 0 fully saturated rings. The number of nitrogens with one attached hydrogen (secondary N) is 1. The second kappa shape index (κ2) is 4.71. The lowest BCUT2D eigenvalue weighted by Gasteiger charge is -2.10. The molecule has 0 bridgehead atoms. The summed E-state index contributed by atoms with van der Waals surface area (Å²) in [7, 11) is 0. The maximum atomic E-state index is 11.4. The molecule has 0 aliphatic carbocycles. The van der Waals surface area contributed by atoms with Crippen LogP contribution in [0.1, 0.15) is 25.7 Å². The van der Waals surface area contributed by atoms with Crippen LogP contribution < -0.4 is 11.1 Å². The monoisotopic (exact) mass is 197 g/mol. The van der Waals surface area contributed by atoms with Gasteiger partial charge in [-0.3, -0.25) is 4.79 Å². The number of hydrogen-bond donors (Lipinski definition) is 2. The van der Waals surface area contributed by atoms with Crippen LogP contribution in [-0.2, 0) is 11.3 Å². The van der Waals surface area contributed by atoms with Crippen LogP contribution in [0.5, 0.6) is 0 Å². The molecule has 1 heterocycles. The van der Waals surface area contributed by atoms with Crippen LogP contribution in [-0.4, -0.2) is 27.2 Å². The zero-order valence-corrected chi connectivity index (χ0v) is 8.40. The number of aromatic nitrogens is 3. The van der Waals surface area contributed by atoms with E-state index in [1.165, 1.54) is 11.0 Å². The summed E-state index contributed by atoms with van der Waals surface area (Å²) in [6, 6.07) is -0.345. The van der Waals surface area contributed by atoms with Crippen molar-refractivity contribution in [1.82, 2.24) is 20.1 Å². The molecule has 0 aliphatic rings. The van der Waals surface area contributed by atoms with Crippen LogP contribution in [0.15, 0.2) is 6.33 Å². The van der Waals surface area contributed by atoms with E-state index in [0.29, 0.717) is 12.4 Å². The number of nitrogens with zero attached hydrogens (tertiary/aromatic N) is 3. The van der Waals surface area contributed by atoms with Crippen LogP contribution >= 0.6 is 0 Å².